The fourth-order valence-corrected chi connectivity index (χ4v) is 0.946. The molecule has 0 amide bonds. The van der Waals surface area contributed by atoms with E-state index in [1.807, 2.05) is 0 Å². The SMILES string of the molecule is O=C(CCl)c1ccc(O)cc1F. The fourth-order valence-electron chi connectivity index (χ4n) is 0.802. The van der Waals surface area contributed by atoms with Gasteiger partial charge in [0.2, 0.25) is 0 Å². The fraction of sp³-hybridized carbons (Fsp3) is 0.125. The Kier molecular flexibility index (Phi) is 2.65. The topological polar surface area (TPSA) is 37.3 Å². The third-order valence-electron chi connectivity index (χ3n) is 1.37. The number of carbonyl (C=O) groups is 1. The van der Waals surface area contributed by atoms with Gasteiger partial charge in [-0.2, -0.15) is 0 Å². The minimum absolute atomic E-state index is 0.0946. The van der Waals surface area contributed by atoms with E-state index in [-0.39, 0.29) is 17.2 Å². The molecule has 0 saturated heterocycles. The molecule has 12 heavy (non-hydrogen) atoms. The lowest BCUT2D eigenvalue weighted by atomic mass is 10.1. The maximum atomic E-state index is 12.8. The number of phenols is 1. The van der Waals surface area contributed by atoms with Gasteiger partial charge in [-0.1, -0.05) is 0 Å². The van der Waals surface area contributed by atoms with E-state index in [0.717, 1.165) is 6.07 Å². The average molecular weight is 189 g/mol. The summed E-state index contributed by atoms with van der Waals surface area (Å²) in [6.07, 6.45) is 0. The van der Waals surface area contributed by atoms with Gasteiger partial charge in [0.05, 0.1) is 11.4 Å². The van der Waals surface area contributed by atoms with Gasteiger partial charge in [-0.25, -0.2) is 4.39 Å². The first-order valence-corrected chi connectivity index (χ1v) is 3.76. The van der Waals surface area contributed by atoms with Crippen LogP contribution in [0.5, 0.6) is 5.75 Å². The number of aromatic hydroxyl groups is 1. The summed E-state index contributed by atoms with van der Waals surface area (Å²) in [5.74, 6) is -1.71. The Bertz CT molecular complexity index is 312. The molecule has 64 valence electrons. The van der Waals surface area contributed by atoms with E-state index in [9.17, 15) is 9.18 Å². The third-order valence-corrected chi connectivity index (χ3v) is 1.62. The van der Waals surface area contributed by atoms with Crippen LogP contribution in [-0.4, -0.2) is 16.8 Å². The van der Waals surface area contributed by atoms with Crippen molar-refractivity contribution in [3.63, 3.8) is 0 Å². The Labute approximate surface area is 73.6 Å². The van der Waals surface area contributed by atoms with Crippen molar-refractivity contribution in [1.29, 1.82) is 0 Å². The lowest BCUT2D eigenvalue weighted by molar-refractivity contribution is 0.101. The molecule has 0 atom stereocenters. The molecule has 1 N–H and O–H groups in total. The van der Waals surface area contributed by atoms with Crippen molar-refractivity contribution in [3.8, 4) is 5.75 Å². The summed E-state index contributed by atoms with van der Waals surface area (Å²) < 4.78 is 12.8. The summed E-state index contributed by atoms with van der Waals surface area (Å²) in [6.45, 7) is 0. The summed E-state index contributed by atoms with van der Waals surface area (Å²) in [5.41, 5.74) is -0.0946. The molecule has 0 fully saturated rings. The molecule has 0 aliphatic rings. The lowest BCUT2D eigenvalue weighted by Gasteiger charge is -1.98. The van der Waals surface area contributed by atoms with Gasteiger partial charge >= 0.3 is 0 Å². The Morgan fingerprint density at radius 3 is 2.75 bits per heavy atom. The van der Waals surface area contributed by atoms with Gasteiger partial charge in [0.15, 0.2) is 5.78 Å². The quantitative estimate of drug-likeness (QED) is 0.569. The number of rotatable bonds is 2. The molecular formula is C8H6ClFO2. The molecule has 0 unspecified atom stereocenters. The molecule has 0 heterocycles. The van der Waals surface area contributed by atoms with E-state index in [1.54, 1.807) is 0 Å². The van der Waals surface area contributed by atoms with Crippen LogP contribution >= 0.6 is 11.6 Å². The summed E-state index contributed by atoms with van der Waals surface area (Å²) in [7, 11) is 0. The summed E-state index contributed by atoms with van der Waals surface area (Å²) in [4.78, 5) is 10.9. The van der Waals surface area contributed by atoms with Gasteiger partial charge in [0.25, 0.3) is 0 Å². The Morgan fingerprint density at radius 2 is 2.25 bits per heavy atom. The highest BCUT2D eigenvalue weighted by atomic mass is 35.5. The first-order valence-electron chi connectivity index (χ1n) is 3.23. The van der Waals surface area contributed by atoms with Crippen molar-refractivity contribution >= 4 is 17.4 Å². The first kappa shape index (κ1) is 9.00. The molecule has 0 radical (unpaired) electrons. The van der Waals surface area contributed by atoms with E-state index in [4.69, 9.17) is 16.7 Å². The molecule has 0 aliphatic heterocycles. The summed E-state index contributed by atoms with van der Waals surface area (Å²) >= 11 is 5.22. The van der Waals surface area contributed by atoms with Gasteiger partial charge in [0, 0.05) is 6.07 Å². The van der Waals surface area contributed by atoms with Crippen LogP contribution in [0.1, 0.15) is 10.4 Å². The maximum Gasteiger partial charge on any atom is 0.180 e. The van der Waals surface area contributed by atoms with E-state index >= 15 is 0 Å². The Hall–Kier alpha value is -1.09. The van der Waals surface area contributed by atoms with Crippen molar-refractivity contribution in [1.82, 2.24) is 0 Å². The Balaban J connectivity index is 3.09. The van der Waals surface area contributed by atoms with Crippen molar-refractivity contribution < 1.29 is 14.3 Å². The Morgan fingerprint density at radius 1 is 1.58 bits per heavy atom. The van der Waals surface area contributed by atoms with Crippen LogP contribution in [0.15, 0.2) is 18.2 Å². The van der Waals surface area contributed by atoms with Crippen molar-refractivity contribution in [2.45, 2.75) is 0 Å². The van der Waals surface area contributed by atoms with Gasteiger partial charge in [0.1, 0.15) is 11.6 Å². The molecule has 1 rings (SSSR count). The largest absolute Gasteiger partial charge is 0.508 e. The highest BCUT2D eigenvalue weighted by Crippen LogP contribution is 2.15. The molecule has 4 heteroatoms. The molecule has 1 aromatic rings. The van der Waals surface area contributed by atoms with E-state index < -0.39 is 11.6 Å². The van der Waals surface area contributed by atoms with Crippen LogP contribution in [0.3, 0.4) is 0 Å². The lowest BCUT2D eigenvalue weighted by Crippen LogP contribution is -2.02. The van der Waals surface area contributed by atoms with Crippen LogP contribution in [-0.2, 0) is 0 Å². The number of ketones is 1. The van der Waals surface area contributed by atoms with Gasteiger partial charge in [-0.3, -0.25) is 4.79 Å². The normalized spacial score (nSPS) is 9.83. The monoisotopic (exact) mass is 188 g/mol. The van der Waals surface area contributed by atoms with Gasteiger partial charge in [-0.05, 0) is 12.1 Å². The molecular weight excluding hydrogens is 183 g/mol. The maximum absolute atomic E-state index is 12.8. The minimum atomic E-state index is -0.749. The zero-order chi connectivity index (χ0) is 9.14. The number of benzene rings is 1. The number of hydrogen-bond acceptors (Lipinski definition) is 2. The molecule has 0 aromatic heterocycles. The number of carbonyl (C=O) groups excluding carboxylic acids is 1. The summed E-state index contributed by atoms with van der Waals surface area (Å²) in [5, 5.41) is 8.81. The molecule has 1 aromatic carbocycles. The van der Waals surface area contributed by atoms with Crippen molar-refractivity contribution in [2.75, 3.05) is 5.88 Å². The average Bonchev–Trinajstić information content (AvgIpc) is 2.03. The number of halogens is 2. The highest BCUT2D eigenvalue weighted by Gasteiger charge is 2.10. The van der Waals surface area contributed by atoms with Crippen LogP contribution < -0.4 is 0 Å². The zero-order valence-electron chi connectivity index (χ0n) is 6.05. The van der Waals surface area contributed by atoms with Crippen molar-refractivity contribution in [2.24, 2.45) is 0 Å². The number of Topliss-reactive ketones (excluding diaryl/α,β-unsaturated/α-hetero) is 1. The standard InChI is InChI=1S/C8H6ClFO2/c9-4-8(12)6-2-1-5(11)3-7(6)10/h1-3,11H,4H2. The van der Waals surface area contributed by atoms with E-state index in [0.29, 0.717) is 0 Å². The predicted octanol–water partition coefficient (Wildman–Crippen LogP) is 1.95. The zero-order valence-corrected chi connectivity index (χ0v) is 6.81. The van der Waals surface area contributed by atoms with Crippen LogP contribution in [0, 0.1) is 5.82 Å². The molecule has 2 nitrogen and oxygen atoms in total. The predicted molar refractivity (Wildman–Crippen MR) is 43.1 cm³/mol. The van der Waals surface area contributed by atoms with Crippen LogP contribution in [0.25, 0.3) is 0 Å². The smallest absolute Gasteiger partial charge is 0.180 e. The van der Waals surface area contributed by atoms with E-state index in [1.165, 1.54) is 12.1 Å². The minimum Gasteiger partial charge on any atom is -0.508 e. The first-order chi connectivity index (χ1) is 5.65. The highest BCUT2D eigenvalue weighted by molar-refractivity contribution is 6.30. The van der Waals surface area contributed by atoms with Gasteiger partial charge < -0.3 is 5.11 Å². The second kappa shape index (κ2) is 3.54. The van der Waals surface area contributed by atoms with Crippen LogP contribution in [0.4, 0.5) is 4.39 Å². The number of alkyl halides is 1. The number of phenolic OH excluding ortho intramolecular Hbond substituents is 1. The molecule has 0 saturated carbocycles. The number of hydrogen-bond donors (Lipinski definition) is 1. The van der Waals surface area contributed by atoms with Crippen LogP contribution in [0.2, 0.25) is 0 Å². The molecule has 0 spiro atoms. The second-order valence-corrected chi connectivity index (χ2v) is 2.49. The van der Waals surface area contributed by atoms with Crippen molar-refractivity contribution in [3.05, 3.63) is 29.6 Å². The molecule has 0 bridgehead atoms. The summed E-state index contributed by atoms with van der Waals surface area (Å²) in [6, 6.07) is 3.32. The second-order valence-electron chi connectivity index (χ2n) is 2.22. The van der Waals surface area contributed by atoms with E-state index in [2.05, 4.69) is 0 Å². The van der Waals surface area contributed by atoms with Gasteiger partial charge in [-0.15, -0.1) is 11.6 Å². The third kappa shape index (κ3) is 1.74. The molecule has 0 aliphatic carbocycles.